The van der Waals surface area contributed by atoms with Crippen LogP contribution in [0.1, 0.15) is 25.3 Å². The number of benzene rings is 1. The normalized spacial score (nSPS) is 15.8. The van der Waals surface area contributed by atoms with E-state index in [0.29, 0.717) is 17.2 Å². The summed E-state index contributed by atoms with van der Waals surface area (Å²) in [6, 6.07) is 5.11. The zero-order valence-electron chi connectivity index (χ0n) is 13.2. The van der Waals surface area contributed by atoms with E-state index < -0.39 is 0 Å². The van der Waals surface area contributed by atoms with Gasteiger partial charge < -0.3 is 4.90 Å². The molecule has 3 rings (SSSR count). The van der Waals surface area contributed by atoms with Gasteiger partial charge in [0, 0.05) is 24.7 Å². The number of nitrogens with zero attached hydrogens (tertiary/aromatic N) is 6. The van der Waals surface area contributed by atoms with Crippen molar-refractivity contribution in [1.29, 1.82) is 0 Å². The Bertz CT molecular complexity index is 722. The van der Waals surface area contributed by atoms with Crippen LogP contribution in [0.15, 0.2) is 23.3 Å². The summed E-state index contributed by atoms with van der Waals surface area (Å²) in [5, 5.41) is 28.4. The molecule has 0 atom stereocenters. The van der Waals surface area contributed by atoms with Gasteiger partial charge in [-0.1, -0.05) is 18.1 Å². The fraction of sp³-hybridized carbons (Fsp3) is 0.429. The van der Waals surface area contributed by atoms with E-state index in [0.717, 1.165) is 25.9 Å². The summed E-state index contributed by atoms with van der Waals surface area (Å²) in [6.07, 6.45) is 3.58. The number of tetrazole rings is 1. The topological polar surface area (TPSA) is 125 Å². The number of nitrogens with one attached hydrogen (secondary N) is 2. The fourth-order valence-electron chi connectivity index (χ4n) is 2.66. The summed E-state index contributed by atoms with van der Waals surface area (Å²) in [7, 11) is 0. The first-order valence-electron chi connectivity index (χ1n) is 7.69. The molecule has 1 aliphatic rings. The number of anilines is 2. The summed E-state index contributed by atoms with van der Waals surface area (Å²) >= 11 is 0. The highest BCUT2D eigenvalue weighted by Crippen LogP contribution is 2.31. The Morgan fingerprint density at radius 2 is 2.25 bits per heavy atom. The van der Waals surface area contributed by atoms with E-state index in [4.69, 9.17) is 0 Å². The molecule has 2 N–H and O–H groups in total. The third-order valence-electron chi connectivity index (χ3n) is 4.04. The molecule has 0 aliphatic carbocycles. The van der Waals surface area contributed by atoms with Crippen LogP contribution in [0.5, 0.6) is 0 Å². The van der Waals surface area contributed by atoms with Crippen molar-refractivity contribution >= 4 is 23.5 Å². The molecule has 10 heteroatoms. The van der Waals surface area contributed by atoms with Crippen LogP contribution in [0, 0.1) is 16.0 Å². The van der Waals surface area contributed by atoms with Gasteiger partial charge in [0.2, 0.25) is 0 Å². The van der Waals surface area contributed by atoms with Gasteiger partial charge in [0.15, 0.2) is 0 Å². The van der Waals surface area contributed by atoms with Crippen LogP contribution in [0.4, 0.5) is 17.3 Å². The summed E-state index contributed by atoms with van der Waals surface area (Å²) in [4.78, 5) is 13.2. The smallest absolute Gasteiger partial charge is 0.293 e. The van der Waals surface area contributed by atoms with Crippen molar-refractivity contribution in [2.45, 2.75) is 19.8 Å². The molecule has 1 aliphatic heterocycles. The molecule has 1 saturated heterocycles. The number of nitro groups is 1. The number of aromatic nitrogens is 4. The first-order valence-corrected chi connectivity index (χ1v) is 7.69. The average Bonchev–Trinajstić information content (AvgIpc) is 3.09. The Morgan fingerprint density at radius 3 is 2.92 bits per heavy atom. The Labute approximate surface area is 138 Å². The Hall–Kier alpha value is -3.04. The molecule has 1 aromatic carbocycles. The van der Waals surface area contributed by atoms with Crippen molar-refractivity contribution in [1.82, 2.24) is 20.6 Å². The van der Waals surface area contributed by atoms with E-state index in [1.54, 1.807) is 6.07 Å². The number of aromatic amines is 1. The van der Waals surface area contributed by atoms with Crippen LogP contribution in [0.25, 0.3) is 0 Å². The molecule has 1 fully saturated rings. The molecule has 0 bridgehead atoms. The number of nitro benzene ring substituents is 1. The van der Waals surface area contributed by atoms with Crippen molar-refractivity contribution in [3.05, 3.63) is 33.9 Å². The number of hydrogen-bond donors (Lipinski definition) is 2. The van der Waals surface area contributed by atoms with E-state index in [1.165, 1.54) is 12.3 Å². The highest BCUT2D eigenvalue weighted by atomic mass is 16.6. The molecular formula is C14H18N8O2. The summed E-state index contributed by atoms with van der Waals surface area (Å²) in [5.74, 6) is 0.891. The van der Waals surface area contributed by atoms with Crippen LogP contribution < -0.4 is 10.3 Å². The summed E-state index contributed by atoms with van der Waals surface area (Å²) in [5.41, 5.74) is 3.95. The third-order valence-corrected chi connectivity index (χ3v) is 4.04. The van der Waals surface area contributed by atoms with Crippen molar-refractivity contribution in [2.75, 3.05) is 23.4 Å². The SMILES string of the molecule is CC1CCN(c2ccc(/C=N\Nc3nn[nH]n3)cc2[N+](=O)[O-])CC1. The fourth-order valence-corrected chi connectivity index (χ4v) is 2.66. The number of rotatable bonds is 5. The maximum Gasteiger partial charge on any atom is 0.293 e. The monoisotopic (exact) mass is 330 g/mol. The van der Waals surface area contributed by atoms with Crippen LogP contribution in [0.3, 0.4) is 0 Å². The quantitative estimate of drug-likeness (QED) is 0.486. The predicted molar refractivity (Wildman–Crippen MR) is 89.1 cm³/mol. The maximum absolute atomic E-state index is 11.4. The lowest BCUT2D eigenvalue weighted by Gasteiger charge is -2.31. The van der Waals surface area contributed by atoms with E-state index >= 15 is 0 Å². The van der Waals surface area contributed by atoms with Crippen LogP contribution in [-0.4, -0.2) is 44.9 Å². The van der Waals surface area contributed by atoms with Gasteiger partial charge in [0.1, 0.15) is 5.69 Å². The van der Waals surface area contributed by atoms with E-state index in [-0.39, 0.29) is 16.6 Å². The zero-order valence-corrected chi connectivity index (χ0v) is 13.2. The van der Waals surface area contributed by atoms with Crippen molar-refractivity contribution in [3.63, 3.8) is 0 Å². The highest BCUT2D eigenvalue weighted by molar-refractivity contribution is 5.83. The first-order chi connectivity index (χ1) is 11.6. The van der Waals surface area contributed by atoms with Crippen molar-refractivity contribution in [2.24, 2.45) is 11.0 Å². The second-order valence-corrected chi connectivity index (χ2v) is 5.78. The maximum atomic E-state index is 11.4. The van der Waals surface area contributed by atoms with Crippen LogP contribution in [0.2, 0.25) is 0 Å². The van der Waals surface area contributed by atoms with Gasteiger partial charge >= 0.3 is 0 Å². The van der Waals surface area contributed by atoms with Crippen molar-refractivity contribution in [3.8, 4) is 0 Å². The van der Waals surface area contributed by atoms with E-state index in [1.807, 2.05) is 6.07 Å². The molecular weight excluding hydrogens is 312 g/mol. The van der Waals surface area contributed by atoms with Crippen LogP contribution >= 0.6 is 0 Å². The second-order valence-electron chi connectivity index (χ2n) is 5.78. The number of hydrogen-bond acceptors (Lipinski definition) is 8. The molecule has 0 amide bonds. The van der Waals surface area contributed by atoms with E-state index in [9.17, 15) is 10.1 Å². The molecule has 126 valence electrons. The number of hydrazone groups is 1. The largest absolute Gasteiger partial charge is 0.366 e. The minimum atomic E-state index is -0.350. The van der Waals surface area contributed by atoms with Gasteiger partial charge in [-0.15, -0.1) is 5.10 Å². The molecule has 10 nitrogen and oxygen atoms in total. The molecule has 0 spiro atoms. The molecule has 2 heterocycles. The Kier molecular flexibility index (Phi) is 4.64. The van der Waals surface area contributed by atoms with Gasteiger partial charge in [0.05, 0.1) is 11.1 Å². The van der Waals surface area contributed by atoms with Gasteiger partial charge in [0.25, 0.3) is 11.6 Å². The summed E-state index contributed by atoms with van der Waals surface area (Å²) < 4.78 is 0. The third kappa shape index (κ3) is 3.65. The lowest BCUT2D eigenvalue weighted by Crippen LogP contribution is -2.33. The molecule has 0 saturated carbocycles. The molecule has 2 aromatic rings. The Morgan fingerprint density at radius 1 is 1.46 bits per heavy atom. The van der Waals surface area contributed by atoms with E-state index in [2.05, 4.69) is 43.0 Å². The van der Waals surface area contributed by atoms with Crippen LogP contribution in [-0.2, 0) is 0 Å². The first kappa shape index (κ1) is 15.8. The van der Waals surface area contributed by atoms with Gasteiger partial charge in [-0.2, -0.15) is 10.3 Å². The minimum absolute atomic E-state index is 0.0908. The lowest BCUT2D eigenvalue weighted by atomic mass is 9.98. The molecule has 1 aromatic heterocycles. The zero-order chi connectivity index (χ0) is 16.9. The predicted octanol–water partition coefficient (Wildman–Crippen LogP) is 1.79. The minimum Gasteiger partial charge on any atom is -0.366 e. The molecule has 0 unspecified atom stereocenters. The summed E-state index contributed by atoms with van der Waals surface area (Å²) in [6.45, 7) is 3.89. The van der Waals surface area contributed by atoms with Gasteiger partial charge in [-0.05, 0) is 30.0 Å². The lowest BCUT2D eigenvalue weighted by molar-refractivity contribution is -0.384. The van der Waals surface area contributed by atoms with Gasteiger partial charge in [-0.25, -0.2) is 5.43 Å². The Balaban J connectivity index is 1.77. The number of H-pyrrole nitrogens is 1. The van der Waals surface area contributed by atoms with Gasteiger partial charge in [-0.3, -0.25) is 10.1 Å². The molecule has 24 heavy (non-hydrogen) atoms. The highest BCUT2D eigenvalue weighted by Gasteiger charge is 2.23. The van der Waals surface area contributed by atoms with Crippen molar-refractivity contribution < 1.29 is 4.92 Å². The standard InChI is InChI=1S/C14H18N8O2/c1-10-4-6-21(7-5-10)12-3-2-11(8-13(12)22(23)24)9-15-16-14-17-19-20-18-14/h2-3,8-10H,4-7H2,1H3,(H2,16,17,18,19,20)/b15-9-. The average molecular weight is 330 g/mol. The number of piperidine rings is 1. The second kappa shape index (κ2) is 7.02. The molecule has 0 radical (unpaired) electrons.